The lowest BCUT2D eigenvalue weighted by atomic mass is 9.81. The van der Waals surface area contributed by atoms with Gasteiger partial charge in [0.25, 0.3) is 0 Å². The lowest BCUT2D eigenvalue weighted by molar-refractivity contribution is 0.192. The Bertz CT molecular complexity index is 413. The average Bonchev–Trinajstić information content (AvgIpc) is 2.26. The van der Waals surface area contributed by atoms with Crippen LogP contribution >= 0.6 is 0 Å². The van der Waals surface area contributed by atoms with Crippen LogP contribution in [0.1, 0.15) is 45.7 Å². The Hall–Kier alpha value is -1.51. The molecule has 0 radical (unpaired) electrons. The van der Waals surface area contributed by atoms with E-state index >= 15 is 0 Å². The summed E-state index contributed by atoms with van der Waals surface area (Å²) >= 11 is 0. The van der Waals surface area contributed by atoms with E-state index in [1.54, 1.807) is 0 Å². The minimum absolute atomic E-state index is 0.141. The lowest BCUT2D eigenvalue weighted by Crippen LogP contribution is -2.35. The van der Waals surface area contributed by atoms with Crippen molar-refractivity contribution in [2.24, 2.45) is 0 Å². The number of carboxylic acid groups (broad SMARTS) is 1. The molecular formula is C15H23NO2. The van der Waals surface area contributed by atoms with Crippen LogP contribution in [0.15, 0.2) is 24.3 Å². The second kappa shape index (κ2) is 5.01. The zero-order valence-electron chi connectivity index (χ0n) is 11.9. The van der Waals surface area contributed by atoms with Crippen molar-refractivity contribution >= 4 is 6.09 Å². The normalized spacial score (nSPS) is 12.3. The molecule has 3 nitrogen and oxygen atoms in total. The molecule has 0 saturated carbocycles. The summed E-state index contributed by atoms with van der Waals surface area (Å²) in [5.74, 6) is 0. The highest BCUT2D eigenvalue weighted by Crippen LogP contribution is 2.27. The first-order valence-corrected chi connectivity index (χ1v) is 6.21. The number of rotatable bonds is 3. The van der Waals surface area contributed by atoms with Gasteiger partial charge in [0.1, 0.15) is 0 Å². The highest BCUT2D eigenvalue weighted by Gasteiger charge is 2.22. The molecule has 1 aromatic carbocycles. The molecule has 1 rings (SSSR count). The molecule has 0 spiro atoms. The minimum Gasteiger partial charge on any atom is -0.465 e. The molecule has 0 aromatic heterocycles. The molecule has 0 fully saturated rings. The molecule has 100 valence electrons. The molecule has 0 aliphatic rings. The summed E-state index contributed by atoms with van der Waals surface area (Å²) in [6, 6.07) is 8.42. The number of amides is 1. The van der Waals surface area contributed by atoms with E-state index in [4.69, 9.17) is 5.11 Å². The van der Waals surface area contributed by atoms with Gasteiger partial charge in [0.05, 0.1) is 0 Å². The van der Waals surface area contributed by atoms with Gasteiger partial charge < -0.3 is 10.4 Å². The van der Waals surface area contributed by atoms with Gasteiger partial charge in [-0.25, -0.2) is 4.79 Å². The van der Waals surface area contributed by atoms with Crippen molar-refractivity contribution in [3.05, 3.63) is 35.4 Å². The smallest absolute Gasteiger partial charge is 0.404 e. The van der Waals surface area contributed by atoms with E-state index in [1.165, 1.54) is 5.56 Å². The maximum atomic E-state index is 10.6. The Morgan fingerprint density at radius 3 is 1.89 bits per heavy atom. The molecule has 0 heterocycles. The predicted molar refractivity (Wildman–Crippen MR) is 74.2 cm³/mol. The third kappa shape index (κ3) is 3.76. The second-order valence-corrected chi connectivity index (χ2v) is 6.37. The largest absolute Gasteiger partial charge is 0.465 e. The van der Waals surface area contributed by atoms with Crippen molar-refractivity contribution in [1.29, 1.82) is 0 Å². The van der Waals surface area contributed by atoms with Crippen molar-refractivity contribution in [3.63, 3.8) is 0 Å². The number of hydrogen-bond acceptors (Lipinski definition) is 1. The van der Waals surface area contributed by atoms with Gasteiger partial charge in [-0.15, -0.1) is 0 Å². The van der Waals surface area contributed by atoms with E-state index in [9.17, 15) is 4.79 Å². The standard InChI is InChI=1S/C15H23NO2/c1-14(2,3)11-6-8-12(9-7-11)15(4,5)10-16-13(17)18/h6-9,16H,10H2,1-5H3,(H,17,18). The second-order valence-electron chi connectivity index (χ2n) is 6.37. The number of carbonyl (C=O) groups is 1. The van der Waals surface area contributed by atoms with Crippen LogP contribution in [0, 0.1) is 0 Å². The van der Waals surface area contributed by atoms with Crippen molar-refractivity contribution in [3.8, 4) is 0 Å². The Morgan fingerprint density at radius 2 is 1.50 bits per heavy atom. The summed E-state index contributed by atoms with van der Waals surface area (Å²) in [6.07, 6.45) is -0.977. The van der Waals surface area contributed by atoms with Crippen LogP contribution in [0.5, 0.6) is 0 Å². The Labute approximate surface area is 109 Å². The van der Waals surface area contributed by atoms with Crippen LogP contribution in [-0.2, 0) is 10.8 Å². The van der Waals surface area contributed by atoms with E-state index in [1.807, 2.05) is 13.8 Å². The predicted octanol–water partition coefficient (Wildman–Crippen LogP) is 3.53. The topological polar surface area (TPSA) is 49.3 Å². The van der Waals surface area contributed by atoms with Crippen LogP contribution in [0.25, 0.3) is 0 Å². The van der Waals surface area contributed by atoms with Gasteiger partial charge in [-0.2, -0.15) is 0 Å². The highest BCUT2D eigenvalue weighted by atomic mass is 16.4. The van der Waals surface area contributed by atoms with Gasteiger partial charge in [0.2, 0.25) is 0 Å². The first-order valence-electron chi connectivity index (χ1n) is 6.21. The fraction of sp³-hybridized carbons (Fsp3) is 0.533. The highest BCUT2D eigenvalue weighted by molar-refractivity contribution is 5.64. The van der Waals surface area contributed by atoms with Crippen LogP contribution in [0.4, 0.5) is 4.79 Å². The van der Waals surface area contributed by atoms with E-state index in [2.05, 4.69) is 50.4 Å². The summed E-state index contributed by atoms with van der Waals surface area (Å²) in [5, 5.41) is 11.1. The van der Waals surface area contributed by atoms with Gasteiger partial charge in [-0.1, -0.05) is 58.9 Å². The van der Waals surface area contributed by atoms with Crippen molar-refractivity contribution in [2.45, 2.75) is 45.4 Å². The maximum Gasteiger partial charge on any atom is 0.404 e. The Balaban J connectivity index is 2.87. The zero-order chi connectivity index (χ0) is 14.0. The van der Waals surface area contributed by atoms with Crippen molar-refractivity contribution in [1.82, 2.24) is 5.32 Å². The molecule has 0 aliphatic heterocycles. The van der Waals surface area contributed by atoms with Crippen molar-refractivity contribution < 1.29 is 9.90 Å². The summed E-state index contributed by atoms with van der Waals surface area (Å²) in [4.78, 5) is 10.6. The maximum absolute atomic E-state index is 10.6. The third-order valence-corrected chi connectivity index (χ3v) is 3.21. The van der Waals surface area contributed by atoms with Crippen LogP contribution in [0.2, 0.25) is 0 Å². The SMILES string of the molecule is CC(C)(C)c1ccc(C(C)(C)CNC(=O)O)cc1. The van der Waals surface area contributed by atoms with Crippen molar-refractivity contribution in [2.75, 3.05) is 6.54 Å². The summed E-state index contributed by atoms with van der Waals surface area (Å²) in [5.41, 5.74) is 2.37. The molecule has 0 saturated heterocycles. The first kappa shape index (κ1) is 14.6. The molecular weight excluding hydrogens is 226 g/mol. The fourth-order valence-electron chi connectivity index (χ4n) is 1.82. The van der Waals surface area contributed by atoms with Gasteiger partial charge in [-0.05, 0) is 16.5 Å². The van der Waals surface area contributed by atoms with Gasteiger partial charge in [0.15, 0.2) is 0 Å². The molecule has 0 aliphatic carbocycles. The molecule has 0 bridgehead atoms. The van der Waals surface area contributed by atoms with Crippen LogP contribution in [-0.4, -0.2) is 17.7 Å². The average molecular weight is 249 g/mol. The fourth-order valence-corrected chi connectivity index (χ4v) is 1.82. The van der Waals surface area contributed by atoms with Crippen LogP contribution < -0.4 is 5.32 Å². The van der Waals surface area contributed by atoms with E-state index in [-0.39, 0.29) is 10.8 Å². The number of hydrogen-bond donors (Lipinski definition) is 2. The molecule has 2 N–H and O–H groups in total. The van der Waals surface area contributed by atoms with E-state index in [0.717, 1.165) is 5.56 Å². The van der Waals surface area contributed by atoms with E-state index < -0.39 is 6.09 Å². The third-order valence-electron chi connectivity index (χ3n) is 3.21. The van der Waals surface area contributed by atoms with Crippen LogP contribution in [0.3, 0.4) is 0 Å². The van der Waals surface area contributed by atoms with Gasteiger partial charge >= 0.3 is 6.09 Å². The van der Waals surface area contributed by atoms with Gasteiger partial charge in [-0.3, -0.25) is 0 Å². The molecule has 0 atom stereocenters. The quantitative estimate of drug-likeness (QED) is 0.861. The lowest BCUT2D eigenvalue weighted by Gasteiger charge is -2.26. The van der Waals surface area contributed by atoms with Gasteiger partial charge in [0, 0.05) is 12.0 Å². The minimum atomic E-state index is -0.977. The summed E-state index contributed by atoms with van der Waals surface area (Å²) in [7, 11) is 0. The summed E-state index contributed by atoms with van der Waals surface area (Å²) < 4.78 is 0. The molecule has 0 unspecified atom stereocenters. The monoisotopic (exact) mass is 249 g/mol. The molecule has 1 aromatic rings. The number of benzene rings is 1. The Kier molecular flexibility index (Phi) is 4.05. The first-order chi connectivity index (χ1) is 8.13. The molecule has 1 amide bonds. The number of nitrogens with one attached hydrogen (secondary N) is 1. The van der Waals surface area contributed by atoms with E-state index in [0.29, 0.717) is 6.54 Å². The molecule has 3 heteroatoms. The Morgan fingerprint density at radius 1 is 1.06 bits per heavy atom. The zero-order valence-corrected chi connectivity index (χ0v) is 11.9. The summed E-state index contributed by atoms with van der Waals surface area (Å²) in [6.45, 7) is 11.0. The molecule has 18 heavy (non-hydrogen) atoms.